The van der Waals surface area contributed by atoms with Gasteiger partial charge in [-0.05, 0) is 31.6 Å². The molecule has 15 heavy (non-hydrogen) atoms. The molecule has 1 amide bonds. The van der Waals surface area contributed by atoms with Gasteiger partial charge in [-0.3, -0.25) is 4.79 Å². The van der Waals surface area contributed by atoms with Crippen molar-refractivity contribution in [2.75, 3.05) is 0 Å². The summed E-state index contributed by atoms with van der Waals surface area (Å²) in [6.07, 6.45) is 4.88. The number of nitrogens with two attached hydrogens (primary N) is 1. The Morgan fingerprint density at radius 1 is 1.27 bits per heavy atom. The zero-order valence-electron chi connectivity index (χ0n) is 10.1. The molecule has 0 aromatic carbocycles. The van der Waals surface area contributed by atoms with Crippen LogP contribution in [0.15, 0.2) is 0 Å². The lowest BCUT2D eigenvalue weighted by molar-refractivity contribution is -0.123. The fourth-order valence-electron chi connectivity index (χ4n) is 2.45. The van der Waals surface area contributed by atoms with Crippen LogP contribution < -0.4 is 11.1 Å². The van der Waals surface area contributed by atoms with Gasteiger partial charge in [0.25, 0.3) is 0 Å². The number of rotatable bonds is 3. The van der Waals surface area contributed by atoms with Gasteiger partial charge in [-0.1, -0.05) is 26.7 Å². The molecule has 1 saturated carbocycles. The molecule has 0 spiro atoms. The van der Waals surface area contributed by atoms with Crippen molar-refractivity contribution in [3.05, 3.63) is 0 Å². The highest BCUT2D eigenvalue weighted by Crippen LogP contribution is 2.30. The fraction of sp³-hybridized carbons (Fsp3) is 0.917. The molecule has 1 rings (SSSR count). The van der Waals surface area contributed by atoms with Crippen LogP contribution in [0.5, 0.6) is 0 Å². The van der Waals surface area contributed by atoms with Crippen LogP contribution in [0.3, 0.4) is 0 Å². The summed E-state index contributed by atoms with van der Waals surface area (Å²) >= 11 is 0. The Kier molecular flexibility index (Phi) is 4.58. The van der Waals surface area contributed by atoms with Crippen LogP contribution in [-0.2, 0) is 4.79 Å². The van der Waals surface area contributed by atoms with E-state index in [0.717, 1.165) is 6.42 Å². The second-order valence-corrected chi connectivity index (χ2v) is 5.10. The molecular formula is C12H24N2O. The second kappa shape index (κ2) is 5.50. The molecule has 0 bridgehead atoms. The van der Waals surface area contributed by atoms with Crippen molar-refractivity contribution in [2.24, 2.45) is 17.6 Å². The molecule has 3 unspecified atom stereocenters. The van der Waals surface area contributed by atoms with Gasteiger partial charge in [0, 0.05) is 6.04 Å². The van der Waals surface area contributed by atoms with E-state index in [2.05, 4.69) is 19.2 Å². The fourth-order valence-corrected chi connectivity index (χ4v) is 2.45. The minimum absolute atomic E-state index is 0.00690. The van der Waals surface area contributed by atoms with Gasteiger partial charge in [0.2, 0.25) is 5.91 Å². The number of nitrogens with one attached hydrogen (secondary N) is 1. The highest BCUT2D eigenvalue weighted by atomic mass is 16.2. The van der Waals surface area contributed by atoms with Crippen molar-refractivity contribution in [3.63, 3.8) is 0 Å². The number of amides is 1. The summed E-state index contributed by atoms with van der Waals surface area (Å²) in [5.41, 5.74) is 5.56. The minimum Gasteiger partial charge on any atom is -0.352 e. The predicted molar refractivity (Wildman–Crippen MR) is 62.4 cm³/mol. The molecule has 0 radical (unpaired) electrons. The van der Waals surface area contributed by atoms with Gasteiger partial charge in [0.05, 0.1) is 6.04 Å². The topological polar surface area (TPSA) is 55.1 Å². The van der Waals surface area contributed by atoms with Crippen molar-refractivity contribution in [1.29, 1.82) is 0 Å². The third-order valence-electron chi connectivity index (χ3n) is 3.42. The highest BCUT2D eigenvalue weighted by molar-refractivity contribution is 5.81. The number of carbonyl (C=O) groups is 1. The average molecular weight is 212 g/mol. The molecule has 0 heterocycles. The van der Waals surface area contributed by atoms with Crippen molar-refractivity contribution >= 4 is 5.91 Å². The third-order valence-corrected chi connectivity index (χ3v) is 3.42. The van der Waals surface area contributed by atoms with Gasteiger partial charge >= 0.3 is 0 Å². The minimum atomic E-state index is -0.389. The van der Waals surface area contributed by atoms with Gasteiger partial charge in [-0.15, -0.1) is 0 Å². The van der Waals surface area contributed by atoms with E-state index in [0.29, 0.717) is 17.9 Å². The first kappa shape index (κ1) is 12.5. The molecule has 1 aliphatic rings. The van der Waals surface area contributed by atoms with E-state index in [1.54, 1.807) is 6.92 Å². The Balaban J connectivity index is 2.53. The van der Waals surface area contributed by atoms with E-state index >= 15 is 0 Å². The SMILES string of the molecule is CC(N)C(=O)NC1CCCCC1C(C)C. The third kappa shape index (κ3) is 3.49. The summed E-state index contributed by atoms with van der Waals surface area (Å²) < 4.78 is 0. The smallest absolute Gasteiger partial charge is 0.236 e. The summed E-state index contributed by atoms with van der Waals surface area (Å²) in [4.78, 5) is 11.5. The van der Waals surface area contributed by atoms with Crippen LogP contribution in [0.2, 0.25) is 0 Å². The van der Waals surface area contributed by atoms with Crippen LogP contribution in [-0.4, -0.2) is 18.0 Å². The monoisotopic (exact) mass is 212 g/mol. The van der Waals surface area contributed by atoms with Crippen LogP contribution in [0.1, 0.15) is 46.5 Å². The molecule has 0 aliphatic heterocycles. The summed E-state index contributed by atoms with van der Waals surface area (Å²) in [6, 6.07) is -0.0445. The van der Waals surface area contributed by atoms with E-state index in [1.807, 2.05) is 0 Å². The Hall–Kier alpha value is -0.570. The molecule has 0 aromatic heterocycles. The Bertz CT molecular complexity index is 214. The lowest BCUT2D eigenvalue weighted by atomic mass is 9.78. The van der Waals surface area contributed by atoms with E-state index < -0.39 is 0 Å². The molecule has 1 fully saturated rings. The Morgan fingerprint density at radius 3 is 2.40 bits per heavy atom. The lowest BCUT2D eigenvalue weighted by Crippen LogP contribution is -2.49. The molecule has 3 heteroatoms. The first-order valence-electron chi connectivity index (χ1n) is 6.08. The normalized spacial score (nSPS) is 28.9. The summed E-state index contributed by atoms with van der Waals surface area (Å²) in [5, 5.41) is 3.09. The van der Waals surface area contributed by atoms with E-state index in [4.69, 9.17) is 5.73 Å². The number of carbonyl (C=O) groups excluding carboxylic acids is 1. The number of hydrogen-bond acceptors (Lipinski definition) is 2. The molecule has 0 saturated heterocycles. The first-order valence-corrected chi connectivity index (χ1v) is 6.08. The summed E-state index contributed by atoms with van der Waals surface area (Å²) in [6.45, 7) is 6.21. The van der Waals surface area contributed by atoms with Crippen LogP contribution >= 0.6 is 0 Å². The zero-order valence-corrected chi connectivity index (χ0v) is 10.1. The van der Waals surface area contributed by atoms with Crippen molar-refractivity contribution in [1.82, 2.24) is 5.32 Å². The van der Waals surface area contributed by atoms with Crippen molar-refractivity contribution < 1.29 is 4.79 Å². The van der Waals surface area contributed by atoms with Gasteiger partial charge in [0.1, 0.15) is 0 Å². The Morgan fingerprint density at radius 2 is 1.87 bits per heavy atom. The summed E-state index contributed by atoms with van der Waals surface area (Å²) in [7, 11) is 0. The van der Waals surface area contributed by atoms with Gasteiger partial charge in [-0.2, -0.15) is 0 Å². The Labute approximate surface area is 92.8 Å². The maximum absolute atomic E-state index is 11.5. The van der Waals surface area contributed by atoms with Gasteiger partial charge in [0.15, 0.2) is 0 Å². The van der Waals surface area contributed by atoms with Crippen LogP contribution in [0.4, 0.5) is 0 Å². The van der Waals surface area contributed by atoms with Crippen molar-refractivity contribution in [2.45, 2.75) is 58.5 Å². The van der Waals surface area contributed by atoms with Crippen LogP contribution in [0.25, 0.3) is 0 Å². The largest absolute Gasteiger partial charge is 0.352 e. The first-order chi connectivity index (χ1) is 7.02. The zero-order chi connectivity index (χ0) is 11.4. The maximum Gasteiger partial charge on any atom is 0.236 e. The van der Waals surface area contributed by atoms with E-state index in [9.17, 15) is 4.79 Å². The summed E-state index contributed by atoms with van der Waals surface area (Å²) in [5.74, 6) is 1.26. The van der Waals surface area contributed by atoms with Crippen LogP contribution in [0, 0.1) is 11.8 Å². The molecule has 3 N–H and O–H groups in total. The predicted octanol–water partition coefficient (Wildman–Crippen LogP) is 1.66. The van der Waals surface area contributed by atoms with Crippen molar-refractivity contribution in [3.8, 4) is 0 Å². The number of hydrogen-bond donors (Lipinski definition) is 2. The standard InChI is InChI=1S/C12H24N2O/c1-8(2)10-6-4-5-7-11(10)14-12(15)9(3)13/h8-11H,4-7,13H2,1-3H3,(H,14,15). The molecule has 1 aliphatic carbocycles. The molecule has 3 atom stereocenters. The average Bonchev–Trinajstić information content (AvgIpc) is 2.18. The second-order valence-electron chi connectivity index (χ2n) is 5.10. The lowest BCUT2D eigenvalue weighted by Gasteiger charge is -2.35. The van der Waals surface area contributed by atoms with E-state index in [1.165, 1.54) is 19.3 Å². The molecule has 3 nitrogen and oxygen atoms in total. The maximum atomic E-state index is 11.5. The van der Waals surface area contributed by atoms with Gasteiger partial charge < -0.3 is 11.1 Å². The quantitative estimate of drug-likeness (QED) is 0.747. The molecule has 88 valence electrons. The van der Waals surface area contributed by atoms with E-state index in [-0.39, 0.29) is 11.9 Å². The molecule has 0 aromatic rings. The highest BCUT2D eigenvalue weighted by Gasteiger charge is 2.28. The molecular weight excluding hydrogens is 188 g/mol. The van der Waals surface area contributed by atoms with Gasteiger partial charge in [-0.25, -0.2) is 0 Å².